The first-order chi connectivity index (χ1) is 18.4. The molecule has 8 heteroatoms. The smallest absolute Gasteiger partial charge is 0.407 e. The summed E-state index contributed by atoms with van der Waals surface area (Å²) in [5.74, 6) is 1.69. The number of carbonyl (C=O) groups is 2. The molecule has 1 aliphatic rings. The zero-order chi connectivity index (χ0) is 27.3. The zero-order valence-corrected chi connectivity index (χ0v) is 22.9. The van der Waals surface area contributed by atoms with E-state index in [2.05, 4.69) is 19.2 Å². The monoisotopic (exact) mass is 527 g/mol. The first kappa shape index (κ1) is 29.3. The molecule has 2 aromatic carbocycles. The molecule has 0 saturated carbocycles. The Hall–Kier alpha value is -3.26. The van der Waals surface area contributed by atoms with Gasteiger partial charge in [0.05, 0.1) is 19.8 Å². The Morgan fingerprint density at radius 3 is 2.50 bits per heavy atom. The van der Waals surface area contributed by atoms with Crippen molar-refractivity contribution < 1.29 is 33.3 Å². The van der Waals surface area contributed by atoms with Crippen LogP contribution in [0.4, 0.5) is 4.79 Å². The van der Waals surface area contributed by atoms with Gasteiger partial charge < -0.3 is 29.0 Å². The Bertz CT molecular complexity index is 1010. The van der Waals surface area contributed by atoms with E-state index in [0.717, 1.165) is 24.0 Å². The van der Waals surface area contributed by atoms with Crippen molar-refractivity contribution in [2.75, 3.05) is 27.4 Å². The molecule has 0 aliphatic carbocycles. The number of carbonyl (C=O) groups excluding carboxylic acids is 2. The lowest BCUT2D eigenvalue weighted by molar-refractivity contribution is -0.142. The molecule has 2 aromatic rings. The van der Waals surface area contributed by atoms with Crippen molar-refractivity contribution in [2.45, 2.75) is 64.7 Å². The highest BCUT2D eigenvalue weighted by atomic mass is 16.6. The largest absolute Gasteiger partial charge is 0.493 e. The van der Waals surface area contributed by atoms with Crippen LogP contribution in [-0.4, -0.2) is 51.6 Å². The number of hydrogen-bond acceptors (Lipinski definition) is 7. The van der Waals surface area contributed by atoms with Gasteiger partial charge in [-0.25, -0.2) is 4.79 Å². The Labute approximate surface area is 225 Å². The van der Waals surface area contributed by atoms with Gasteiger partial charge in [-0.3, -0.25) is 4.79 Å². The van der Waals surface area contributed by atoms with Crippen LogP contribution in [0.1, 0.15) is 50.7 Å². The van der Waals surface area contributed by atoms with Crippen molar-refractivity contribution in [3.63, 3.8) is 0 Å². The molecule has 3 unspecified atom stereocenters. The van der Waals surface area contributed by atoms with E-state index >= 15 is 0 Å². The van der Waals surface area contributed by atoms with Gasteiger partial charge in [0.25, 0.3) is 0 Å². The first-order valence-electron chi connectivity index (χ1n) is 13.3. The van der Waals surface area contributed by atoms with Crippen molar-refractivity contribution in [1.82, 2.24) is 5.32 Å². The van der Waals surface area contributed by atoms with E-state index in [1.165, 1.54) is 0 Å². The molecule has 1 saturated heterocycles. The fraction of sp³-hybridized carbons (Fsp3) is 0.533. The highest BCUT2D eigenvalue weighted by Crippen LogP contribution is 2.32. The van der Waals surface area contributed by atoms with Gasteiger partial charge in [-0.1, -0.05) is 50.2 Å². The SMILES string of the molecule is COCCCOc1cc(CC(CC(NC(=O)OCc2ccccc2)C2CCC(=O)O2)C(C)C)ccc1OC. The highest BCUT2D eigenvalue weighted by Gasteiger charge is 2.35. The minimum Gasteiger partial charge on any atom is -0.493 e. The normalized spacial score (nSPS) is 16.6. The van der Waals surface area contributed by atoms with Crippen LogP contribution in [0.3, 0.4) is 0 Å². The summed E-state index contributed by atoms with van der Waals surface area (Å²) in [6, 6.07) is 15.2. The third kappa shape index (κ3) is 9.24. The molecule has 208 valence electrons. The third-order valence-corrected chi connectivity index (χ3v) is 6.86. The topological polar surface area (TPSA) is 92.3 Å². The summed E-state index contributed by atoms with van der Waals surface area (Å²) < 4.78 is 27.6. The summed E-state index contributed by atoms with van der Waals surface area (Å²) in [6.07, 6.45) is 2.25. The molecular weight excluding hydrogens is 486 g/mol. The van der Waals surface area contributed by atoms with Gasteiger partial charge in [0.1, 0.15) is 12.7 Å². The Balaban J connectivity index is 1.68. The molecule has 38 heavy (non-hydrogen) atoms. The quantitative estimate of drug-likeness (QED) is 0.248. The molecule has 0 bridgehead atoms. The second-order valence-electron chi connectivity index (χ2n) is 10.0. The number of cyclic esters (lactones) is 1. The van der Waals surface area contributed by atoms with Gasteiger partial charge in [-0.05, 0) is 54.4 Å². The van der Waals surface area contributed by atoms with E-state index in [9.17, 15) is 9.59 Å². The van der Waals surface area contributed by atoms with Gasteiger partial charge in [-0.15, -0.1) is 0 Å². The number of alkyl carbamates (subject to hydrolysis) is 1. The van der Waals surface area contributed by atoms with Crippen LogP contribution in [0.25, 0.3) is 0 Å². The molecule has 3 atom stereocenters. The average molecular weight is 528 g/mol. The van der Waals surface area contributed by atoms with Crippen LogP contribution in [0, 0.1) is 11.8 Å². The number of benzene rings is 2. The lowest BCUT2D eigenvalue weighted by atomic mass is 9.82. The van der Waals surface area contributed by atoms with Crippen molar-refractivity contribution >= 4 is 12.1 Å². The summed E-state index contributed by atoms with van der Waals surface area (Å²) in [6.45, 7) is 5.68. The van der Waals surface area contributed by atoms with Crippen LogP contribution in [0.2, 0.25) is 0 Å². The number of hydrogen-bond donors (Lipinski definition) is 1. The predicted octanol–water partition coefficient (Wildman–Crippen LogP) is 5.32. The van der Waals surface area contributed by atoms with Crippen molar-refractivity contribution in [3.05, 3.63) is 59.7 Å². The molecular formula is C30H41NO7. The van der Waals surface area contributed by atoms with E-state index in [4.69, 9.17) is 23.7 Å². The standard InChI is InChI=1S/C30H41NO7/c1-21(2)24(17-23-11-12-27(35-4)28(18-23)36-16-8-15-34-3)19-25(26-13-14-29(32)38-26)31-30(33)37-20-22-9-6-5-7-10-22/h5-7,9-12,18,21,24-26H,8,13-17,19-20H2,1-4H3,(H,31,33). The lowest BCUT2D eigenvalue weighted by Gasteiger charge is -2.30. The molecule has 8 nitrogen and oxygen atoms in total. The summed E-state index contributed by atoms with van der Waals surface area (Å²) in [4.78, 5) is 24.6. The summed E-state index contributed by atoms with van der Waals surface area (Å²) in [5.41, 5.74) is 2.02. The van der Waals surface area contributed by atoms with Crippen LogP contribution >= 0.6 is 0 Å². The van der Waals surface area contributed by atoms with Gasteiger partial charge in [-0.2, -0.15) is 0 Å². The fourth-order valence-corrected chi connectivity index (χ4v) is 4.62. The van der Waals surface area contributed by atoms with E-state index in [0.29, 0.717) is 49.9 Å². The van der Waals surface area contributed by atoms with E-state index < -0.39 is 6.09 Å². The van der Waals surface area contributed by atoms with Crippen molar-refractivity contribution in [2.24, 2.45) is 11.8 Å². The molecule has 1 aliphatic heterocycles. The van der Waals surface area contributed by atoms with Gasteiger partial charge in [0.15, 0.2) is 11.5 Å². The average Bonchev–Trinajstić information content (AvgIpc) is 3.36. The minimum absolute atomic E-state index is 0.177. The molecule has 0 radical (unpaired) electrons. The molecule has 1 amide bonds. The maximum Gasteiger partial charge on any atom is 0.407 e. The van der Waals surface area contributed by atoms with Crippen molar-refractivity contribution in [3.8, 4) is 11.5 Å². The number of rotatable bonds is 15. The predicted molar refractivity (Wildman–Crippen MR) is 144 cm³/mol. The fourth-order valence-electron chi connectivity index (χ4n) is 4.62. The summed E-state index contributed by atoms with van der Waals surface area (Å²) >= 11 is 0. The molecule has 0 spiro atoms. The van der Waals surface area contributed by atoms with E-state index in [1.54, 1.807) is 14.2 Å². The van der Waals surface area contributed by atoms with Gasteiger partial charge >= 0.3 is 12.1 Å². The van der Waals surface area contributed by atoms with Crippen LogP contribution in [-0.2, 0) is 32.0 Å². The molecule has 1 fully saturated rings. The van der Waals surface area contributed by atoms with E-state index in [-0.39, 0.29) is 30.6 Å². The maximum atomic E-state index is 12.7. The Morgan fingerprint density at radius 1 is 1.05 bits per heavy atom. The number of esters is 1. The number of ether oxygens (including phenoxy) is 5. The van der Waals surface area contributed by atoms with Gasteiger partial charge in [0, 0.05) is 26.6 Å². The van der Waals surface area contributed by atoms with E-state index in [1.807, 2.05) is 48.5 Å². The number of nitrogens with one attached hydrogen (secondary N) is 1. The maximum absolute atomic E-state index is 12.7. The summed E-state index contributed by atoms with van der Waals surface area (Å²) in [5, 5.41) is 3.00. The first-order valence-corrected chi connectivity index (χ1v) is 13.3. The number of amides is 1. The van der Waals surface area contributed by atoms with Crippen LogP contribution < -0.4 is 14.8 Å². The van der Waals surface area contributed by atoms with Crippen molar-refractivity contribution in [1.29, 1.82) is 0 Å². The van der Waals surface area contributed by atoms with Crippen LogP contribution in [0.5, 0.6) is 11.5 Å². The highest BCUT2D eigenvalue weighted by molar-refractivity contribution is 5.72. The molecule has 1 heterocycles. The second kappa shape index (κ2) is 15.2. The molecule has 1 N–H and O–H groups in total. The lowest BCUT2D eigenvalue weighted by Crippen LogP contribution is -2.45. The summed E-state index contributed by atoms with van der Waals surface area (Å²) in [7, 11) is 3.30. The Kier molecular flexibility index (Phi) is 11.7. The van der Waals surface area contributed by atoms with Gasteiger partial charge in [0.2, 0.25) is 0 Å². The molecule has 3 rings (SSSR count). The zero-order valence-electron chi connectivity index (χ0n) is 22.9. The number of methoxy groups -OCH3 is 2. The second-order valence-corrected chi connectivity index (χ2v) is 10.0. The minimum atomic E-state index is -0.513. The molecule has 0 aromatic heterocycles. The third-order valence-electron chi connectivity index (χ3n) is 6.86. The van der Waals surface area contributed by atoms with Crippen LogP contribution in [0.15, 0.2) is 48.5 Å². The Morgan fingerprint density at radius 2 is 1.84 bits per heavy atom.